The summed E-state index contributed by atoms with van der Waals surface area (Å²) in [7, 11) is 0. The molecule has 20 heavy (non-hydrogen) atoms. The van der Waals surface area contributed by atoms with Crippen molar-refractivity contribution >= 4 is 11.8 Å². The lowest BCUT2D eigenvalue weighted by Gasteiger charge is -2.19. The van der Waals surface area contributed by atoms with Gasteiger partial charge in [-0.05, 0) is 24.1 Å². The number of carbonyl (C=O) groups is 2. The Bertz CT molecular complexity index is 513. The summed E-state index contributed by atoms with van der Waals surface area (Å²) in [6.45, 7) is 3.34. The molecule has 0 saturated carbocycles. The van der Waals surface area contributed by atoms with E-state index < -0.39 is 29.6 Å². The molecule has 0 saturated heterocycles. The van der Waals surface area contributed by atoms with E-state index in [2.05, 4.69) is 5.32 Å². The molecule has 7 heteroatoms. The predicted octanol–water partition coefficient (Wildman–Crippen LogP) is 1.95. The number of rotatable bonds is 4. The highest BCUT2D eigenvalue weighted by Crippen LogP contribution is 2.29. The molecule has 3 N–H and O–H groups in total. The molecule has 1 atom stereocenters. The Morgan fingerprint density at radius 1 is 1.25 bits per heavy atom. The second kappa shape index (κ2) is 5.94. The van der Waals surface area contributed by atoms with Crippen molar-refractivity contribution in [3.8, 4) is 0 Å². The fourth-order valence-corrected chi connectivity index (χ4v) is 1.63. The van der Waals surface area contributed by atoms with Crippen molar-refractivity contribution in [2.24, 2.45) is 11.7 Å². The highest BCUT2D eigenvalue weighted by molar-refractivity contribution is 5.97. The van der Waals surface area contributed by atoms with E-state index in [-0.39, 0.29) is 11.5 Å². The van der Waals surface area contributed by atoms with Gasteiger partial charge in [0.2, 0.25) is 5.91 Å². The highest BCUT2D eigenvalue weighted by atomic mass is 19.4. The Hall–Kier alpha value is -2.05. The standard InChI is InChI=1S/C13H15F3N2O2/c1-7(2)10(11(17)19)18-12(20)8-4-3-5-9(6-8)13(14,15)16/h3-7,10H,1-2H3,(H2,17,19)(H,18,20)/t10-/m1/s1. The number of hydrogen-bond acceptors (Lipinski definition) is 2. The van der Waals surface area contributed by atoms with Crippen molar-refractivity contribution in [2.45, 2.75) is 26.1 Å². The van der Waals surface area contributed by atoms with Crippen LogP contribution in [0.15, 0.2) is 24.3 Å². The summed E-state index contributed by atoms with van der Waals surface area (Å²) in [6, 6.07) is 3.03. The first kappa shape index (κ1) is 16.0. The number of halogens is 3. The molecule has 0 aliphatic rings. The maximum atomic E-state index is 12.5. The van der Waals surface area contributed by atoms with Crippen LogP contribution in [-0.4, -0.2) is 17.9 Å². The molecule has 0 unspecified atom stereocenters. The first-order valence-corrected chi connectivity index (χ1v) is 5.90. The zero-order valence-corrected chi connectivity index (χ0v) is 11.0. The number of alkyl halides is 3. The Morgan fingerprint density at radius 2 is 1.85 bits per heavy atom. The minimum Gasteiger partial charge on any atom is -0.368 e. The van der Waals surface area contributed by atoms with Gasteiger partial charge < -0.3 is 11.1 Å². The van der Waals surface area contributed by atoms with Gasteiger partial charge in [0, 0.05) is 5.56 Å². The lowest BCUT2D eigenvalue weighted by molar-refractivity contribution is -0.137. The van der Waals surface area contributed by atoms with Gasteiger partial charge in [0.1, 0.15) is 6.04 Å². The van der Waals surface area contributed by atoms with E-state index >= 15 is 0 Å². The summed E-state index contributed by atoms with van der Waals surface area (Å²) in [5, 5.41) is 2.33. The molecule has 4 nitrogen and oxygen atoms in total. The van der Waals surface area contributed by atoms with Crippen molar-refractivity contribution in [3.05, 3.63) is 35.4 Å². The van der Waals surface area contributed by atoms with Crippen molar-refractivity contribution in [1.82, 2.24) is 5.32 Å². The summed E-state index contributed by atoms with van der Waals surface area (Å²) < 4.78 is 37.6. The van der Waals surface area contributed by atoms with Gasteiger partial charge in [-0.1, -0.05) is 19.9 Å². The summed E-state index contributed by atoms with van der Waals surface area (Å²) in [6.07, 6.45) is -4.53. The monoisotopic (exact) mass is 288 g/mol. The molecule has 0 aliphatic carbocycles. The Morgan fingerprint density at radius 3 is 2.30 bits per heavy atom. The zero-order valence-electron chi connectivity index (χ0n) is 11.0. The summed E-state index contributed by atoms with van der Waals surface area (Å²) in [5.41, 5.74) is 4.03. The van der Waals surface area contributed by atoms with Gasteiger partial charge in [0.25, 0.3) is 5.91 Å². The van der Waals surface area contributed by atoms with Crippen LogP contribution in [0, 0.1) is 5.92 Å². The van der Waals surface area contributed by atoms with Gasteiger partial charge in [-0.3, -0.25) is 9.59 Å². The average molecular weight is 288 g/mol. The fraction of sp³-hybridized carbons (Fsp3) is 0.385. The van der Waals surface area contributed by atoms with Crippen molar-refractivity contribution in [2.75, 3.05) is 0 Å². The minimum absolute atomic E-state index is 0.174. The van der Waals surface area contributed by atoms with E-state index in [1.807, 2.05) is 0 Å². The SMILES string of the molecule is CC(C)[C@@H](NC(=O)c1cccc(C(F)(F)F)c1)C(N)=O. The predicted molar refractivity (Wildman–Crippen MR) is 66.7 cm³/mol. The van der Waals surface area contributed by atoms with Crippen LogP contribution >= 0.6 is 0 Å². The largest absolute Gasteiger partial charge is 0.416 e. The van der Waals surface area contributed by atoms with Gasteiger partial charge in [0.05, 0.1) is 5.56 Å². The molecule has 0 spiro atoms. The number of carbonyl (C=O) groups excluding carboxylic acids is 2. The molecule has 0 heterocycles. The van der Waals surface area contributed by atoms with Crippen molar-refractivity contribution < 1.29 is 22.8 Å². The quantitative estimate of drug-likeness (QED) is 0.888. The van der Waals surface area contributed by atoms with Crippen LogP contribution in [0.2, 0.25) is 0 Å². The molecule has 2 amide bonds. The van der Waals surface area contributed by atoms with E-state index in [1.54, 1.807) is 13.8 Å². The molecule has 0 aliphatic heterocycles. The average Bonchev–Trinajstić information content (AvgIpc) is 2.34. The molecule has 1 aromatic carbocycles. The number of nitrogens with one attached hydrogen (secondary N) is 1. The van der Waals surface area contributed by atoms with Crippen LogP contribution in [0.25, 0.3) is 0 Å². The number of hydrogen-bond donors (Lipinski definition) is 2. The van der Waals surface area contributed by atoms with Gasteiger partial charge >= 0.3 is 6.18 Å². The molecule has 0 bridgehead atoms. The second-order valence-electron chi connectivity index (χ2n) is 4.68. The molecule has 0 fully saturated rings. The normalized spacial score (nSPS) is 13.1. The topological polar surface area (TPSA) is 72.2 Å². The van der Waals surface area contributed by atoms with Crippen LogP contribution < -0.4 is 11.1 Å². The van der Waals surface area contributed by atoms with Crippen LogP contribution in [0.3, 0.4) is 0 Å². The summed E-state index contributed by atoms with van der Waals surface area (Å²) >= 11 is 0. The molecular weight excluding hydrogens is 273 g/mol. The Balaban J connectivity index is 2.96. The number of nitrogens with two attached hydrogens (primary N) is 1. The number of amides is 2. The highest BCUT2D eigenvalue weighted by Gasteiger charge is 2.31. The van der Waals surface area contributed by atoms with Gasteiger partial charge in [0.15, 0.2) is 0 Å². The van der Waals surface area contributed by atoms with Crippen LogP contribution in [0.4, 0.5) is 13.2 Å². The maximum absolute atomic E-state index is 12.5. The summed E-state index contributed by atoms with van der Waals surface area (Å²) in [5.74, 6) is -1.77. The van der Waals surface area contributed by atoms with Gasteiger partial charge in [-0.2, -0.15) is 13.2 Å². The lowest BCUT2D eigenvalue weighted by Crippen LogP contribution is -2.47. The lowest BCUT2D eigenvalue weighted by atomic mass is 10.0. The third-order valence-electron chi connectivity index (χ3n) is 2.71. The Labute approximate surface area is 114 Å². The maximum Gasteiger partial charge on any atom is 0.416 e. The first-order valence-electron chi connectivity index (χ1n) is 5.90. The Kier molecular flexibility index (Phi) is 4.75. The summed E-state index contributed by atoms with van der Waals surface area (Å²) in [4.78, 5) is 23.0. The van der Waals surface area contributed by atoms with E-state index in [9.17, 15) is 22.8 Å². The third-order valence-corrected chi connectivity index (χ3v) is 2.71. The van der Waals surface area contributed by atoms with E-state index in [4.69, 9.17) is 5.73 Å². The van der Waals surface area contributed by atoms with Crippen LogP contribution in [0.5, 0.6) is 0 Å². The molecule has 1 rings (SSSR count). The number of benzene rings is 1. The minimum atomic E-state index is -4.53. The smallest absolute Gasteiger partial charge is 0.368 e. The third kappa shape index (κ3) is 3.97. The van der Waals surface area contributed by atoms with Crippen molar-refractivity contribution in [1.29, 1.82) is 0 Å². The van der Waals surface area contributed by atoms with E-state index in [0.29, 0.717) is 0 Å². The van der Waals surface area contributed by atoms with Gasteiger partial charge in [-0.15, -0.1) is 0 Å². The molecule has 1 aromatic rings. The molecule has 0 radical (unpaired) electrons. The molecular formula is C13H15F3N2O2. The number of primary amides is 1. The fourth-order valence-electron chi connectivity index (χ4n) is 1.63. The van der Waals surface area contributed by atoms with Gasteiger partial charge in [-0.25, -0.2) is 0 Å². The molecule has 110 valence electrons. The first-order chi connectivity index (χ1) is 9.12. The van der Waals surface area contributed by atoms with Crippen molar-refractivity contribution in [3.63, 3.8) is 0 Å². The van der Waals surface area contributed by atoms with E-state index in [0.717, 1.165) is 18.2 Å². The molecule has 0 aromatic heterocycles. The van der Waals surface area contributed by atoms with Crippen LogP contribution in [-0.2, 0) is 11.0 Å². The van der Waals surface area contributed by atoms with Crippen LogP contribution in [0.1, 0.15) is 29.8 Å². The zero-order chi connectivity index (χ0) is 15.5. The second-order valence-corrected chi connectivity index (χ2v) is 4.68. The van der Waals surface area contributed by atoms with E-state index in [1.165, 1.54) is 6.07 Å².